The van der Waals surface area contributed by atoms with Crippen molar-refractivity contribution in [2.75, 3.05) is 6.54 Å². The van der Waals surface area contributed by atoms with Gasteiger partial charge in [0.25, 0.3) is 0 Å². The summed E-state index contributed by atoms with van der Waals surface area (Å²) < 4.78 is 7.42. The number of rotatable bonds is 6. The lowest BCUT2D eigenvalue weighted by atomic mass is 10.2. The highest BCUT2D eigenvalue weighted by molar-refractivity contribution is 6.31. The molecule has 0 saturated heterocycles. The summed E-state index contributed by atoms with van der Waals surface area (Å²) in [5.74, 6) is 0.777. The Balaban J connectivity index is 2.08. The fourth-order valence-corrected chi connectivity index (χ4v) is 1.94. The van der Waals surface area contributed by atoms with Crippen LogP contribution in [-0.4, -0.2) is 21.5 Å². The van der Waals surface area contributed by atoms with Gasteiger partial charge < -0.3 is 10.1 Å². The maximum atomic E-state index is 6.20. The summed E-state index contributed by atoms with van der Waals surface area (Å²) in [7, 11) is 1.83. The minimum absolute atomic E-state index is 0.382. The minimum Gasteiger partial charge on any atom is -0.487 e. The van der Waals surface area contributed by atoms with E-state index in [1.807, 2.05) is 31.4 Å². The van der Waals surface area contributed by atoms with Crippen LogP contribution in [0.25, 0.3) is 0 Å². The number of hydrogen-bond acceptors (Lipinski definition) is 4. The molecule has 0 aliphatic carbocycles. The van der Waals surface area contributed by atoms with Gasteiger partial charge in [0, 0.05) is 24.2 Å². The molecule has 0 unspecified atom stereocenters. The lowest BCUT2D eigenvalue weighted by molar-refractivity contribution is 0.297. The third-order valence-corrected chi connectivity index (χ3v) is 3.01. The van der Waals surface area contributed by atoms with Crippen molar-refractivity contribution in [2.24, 2.45) is 7.05 Å². The van der Waals surface area contributed by atoms with Gasteiger partial charge in [-0.2, -0.15) is 0 Å². The van der Waals surface area contributed by atoms with Gasteiger partial charge in [-0.1, -0.05) is 29.8 Å². The minimum atomic E-state index is 0.382. The van der Waals surface area contributed by atoms with Crippen LogP contribution in [0.15, 0.2) is 24.4 Å². The zero-order valence-electron chi connectivity index (χ0n) is 11.1. The van der Waals surface area contributed by atoms with E-state index < -0.39 is 0 Å². The monoisotopic (exact) mass is 280 g/mol. The number of hydrogen-bond donors (Lipinski definition) is 1. The molecular formula is C13H17ClN4O. The lowest BCUT2D eigenvalue weighted by Gasteiger charge is -2.12. The Kier molecular flexibility index (Phi) is 4.76. The van der Waals surface area contributed by atoms with Crippen molar-refractivity contribution in [2.45, 2.75) is 20.1 Å². The van der Waals surface area contributed by atoms with E-state index in [0.717, 1.165) is 23.6 Å². The summed E-state index contributed by atoms with van der Waals surface area (Å²) in [6, 6.07) is 5.65. The molecule has 2 aromatic rings. The average molecular weight is 281 g/mol. The van der Waals surface area contributed by atoms with E-state index in [0.29, 0.717) is 18.2 Å². The van der Waals surface area contributed by atoms with Gasteiger partial charge in [-0.3, -0.25) is 4.68 Å². The first-order valence-corrected chi connectivity index (χ1v) is 6.54. The van der Waals surface area contributed by atoms with Crippen LogP contribution in [-0.2, 0) is 20.2 Å². The standard InChI is InChI=1S/C13H17ClN4O/c1-3-15-7-11-12(14)5-4-6-13(11)19-9-10-8-18(2)17-16-10/h4-6,8,15H,3,7,9H2,1-2H3. The van der Waals surface area contributed by atoms with E-state index in [1.54, 1.807) is 4.68 Å². The second kappa shape index (κ2) is 6.54. The molecule has 0 fully saturated rings. The topological polar surface area (TPSA) is 52.0 Å². The van der Waals surface area contributed by atoms with Crippen LogP contribution in [0.5, 0.6) is 5.75 Å². The Morgan fingerprint density at radius 3 is 2.95 bits per heavy atom. The van der Waals surface area contributed by atoms with Crippen molar-refractivity contribution < 1.29 is 4.74 Å². The van der Waals surface area contributed by atoms with E-state index in [4.69, 9.17) is 16.3 Å². The molecule has 1 N–H and O–H groups in total. The molecule has 0 bridgehead atoms. The lowest BCUT2D eigenvalue weighted by Crippen LogP contribution is -2.13. The van der Waals surface area contributed by atoms with Crippen LogP contribution in [0.3, 0.4) is 0 Å². The predicted molar refractivity (Wildman–Crippen MR) is 74.2 cm³/mol. The molecule has 6 heteroatoms. The quantitative estimate of drug-likeness (QED) is 0.881. The van der Waals surface area contributed by atoms with Crippen molar-refractivity contribution in [3.05, 3.63) is 40.7 Å². The number of nitrogens with one attached hydrogen (secondary N) is 1. The van der Waals surface area contributed by atoms with Gasteiger partial charge in [-0.25, -0.2) is 0 Å². The number of benzene rings is 1. The third-order valence-electron chi connectivity index (χ3n) is 2.65. The Morgan fingerprint density at radius 1 is 1.42 bits per heavy atom. The van der Waals surface area contributed by atoms with Crippen LogP contribution in [0.2, 0.25) is 5.02 Å². The predicted octanol–water partition coefficient (Wildman–Crippen LogP) is 2.16. The van der Waals surface area contributed by atoms with E-state index in [9.17, 15) is 0 Å². The molecule has 0 atom stereocenters. The molecule has 0 aliphatic rings. The van der Waals surface area contributed by atoms with E-state index in [-0.39, 0.29) is 0 Å². The first kappa shape index (κ1) is 13.8. The summed E-state index contributed by atoms with van der Waals surface area (Å²) in [6.45, 7) is 4.00. The summed E-state index contributed by atoms with van der Waals surface area (Å²) >= 11 is 6.20. The molecule has 0 saturated carbocycles. The summed E-state index contributed by atoms with van der Waals surface area (Å²) in [6.07, 6.45) is 1.83. The van der Waals surface area contributed by atoms with Crippen LogP contribution in [0.1, 0.15) is 18.2 Å². The fourth-order valence-electron chi connectivity index (χ4n) is 1.71. The molecule has 1 aromatic carbocycles. The Labute approximate surface area is 117 Å². The van der Waals surface area contributed by atoms with Gasteiger partial charge >= 0.3 is 0 Å². The number of ether oxygens (including phenoxy) is 1. The Hall–Kier alpha value is -1.59. The van der Waals surface area contributed by atoms with Crippen molar-refractivity contribution in [3.63, 3.8) is 0 Å². The van der Waals surface area contributed by atoms with Crippen LogP contribution < -0.4 is 10.1 Å². The molecule has 0 amide bonds. The highest BCUT2D eigenvalue weighted by Gasteiger charge is 2.08. The molecule has 1 heterocycles. The number of aromatic nitrogens is 3. The van der Waals surface area contributed by atoms with Gasteiger partial charge in [0.15, 0.2) is 0 Å². The molecule has 102 valence electrons. The second-order valence-corrected chi connectivity index (χ2v) is 4.58. The molecule has 5 nitrogen and oxygen atoms in total. The molecular weight excluding hydrogens is 264 g/mol. The van der Waals surface area contributed by atoms with Gasteiger partial charge in [0.1, 0.15) is 18.1 Å². The van der Waals surface area contributed by atoms with Gasteiger partial charge in [0.05, 0.1) is 6.20 Å². The van der Waals surface area contributed by atoms with Crippen LogP contribution in [0, 0.1) is 0 Å². The average Bonchev–Trinajstić information content (AvgIpc) is 2.81. The highest BCUT2D eigenvalue weighted by atomic mass is 35.5. The normalized spacial score (nSPS) is 10.7. The molecule has 0 aliphatic heterocycles. The molecule has 0 radical (unpaired) electrons. The first-order chi connectivity index (χ1) is 9.20. The van der Waals surface area contributed by atoms with Crippen molar-refractivity contribution in [1.29, 1.82) is 0 Å². The van der Waals surface area contributed by atoms with Crippen LogP contribution >= 0.6 is 11.6 Å². The van der Waals surface area contributed by atoms with Gasteiger partial charge in [-0.05, 0) is 18.7 Å². The molecule has 19 heavy (non-hydrogen) atoms. The first-order valence-electron chi connectivity index (χ1n) is 6.16. The largest absolute Gasteiger partial charge is 0.487 e. The van der Waals surface area contributed by atoms with Crippen molar-refractivity contribution >= 4 is 11.6 Å². The zero-order chi connectivity index (χ0) is 13.7. The highest BCUT2D eigenvalue weighted by Crippen LogP contribution is 2.26. The number of halogens is 1. The third kappa shape index (κ3) is 3.68. The second-order valence-electron chi connectivity index (χ2n) is 4.17. The Morgan fingerprint density at radius 2 is 2.26 bits per heavy atom. The smallest absolute Gasteiger partial charge is 0.134 e. The number of nitrogens with zero attached hydrogens (tertiary/aromatic N) is 3. The van der Waals surface area contributed by atoms with E-state index in [1.165, 1.54) is 0 Å². The SMILES string of the molecule is CCNCc1c(Cl)cccc1OCc1cn(C)nn1. The van der Waals surface area contributed by atoms with Gasteiger partial charge in [-0.15, -0.1) is 5.10 Å². The van der Waals surface area contributed by atoms with Gasteiger partial charge in [0.2, 0.25) is 0 Å². The maximum Gasteiger partial charge on any atom is 0.134 e. The van der Waals surface area contributed by atoms with Crippen LogP contribution in [0.4, 0.5) is 0 Å². The Bertz CT molecular complexity index is 541. The summed E-state index contributed by atoms with van der Waals surface area (Å²) in [5.41, 5.74) is 1.76. The summed E-state index contributed by atoms with van der Waals surface area (Å²) in [4.78, 5) is 0. The number of aryl methyl sites for hydroxylation is 1. The fraction of sp³-hybridized carbons (Fsp3) is 0.385. The van der Waals surface area contributed by atoms with Crippen molar-refractivity contribution in [1.82, 2.24) is 20.3 Å². The zero-order valence-corrected chi connectivity index (χ0v) is 11.8. The summed E-state index contributed by atoms with van der Waals surface area (Å²) in [5, 5.41) is 11.8. The molecule has 2 rings (SSSR count). The molecule has 1 aromatic heterocycles. The maximum absolute atomic E-state index is 6.20. The molecule has 0 spiro atoms. The van der Waals surface area contributed by atoms with E-state index in [2.05, 4.69) is 22.6 Å². The van der Waals surface area contributed by atoms with Crippen molar-refractivity contribution in [3.8, 4) is 5.75 Å². The van der Waals surface area contributed by atoms with E-state index >= 15 is 0 Å².